The van der Waals surface area contributed by atoms with E-state index in [1.807, 2.05) is 41.7 Å². The molecule has 250 valence electrons. The van der Waals surface area contributed by atoms with Gasteiger partial charge in [0.25, 0.3) is 0 Å². The van der Waals surface area contributed by atoms with E-state index in [4.69, 9.17) is 19.4 Å². The second-order valence-corrected chi connectivity index (χ2v) is 14.9. The number of aromatic nitrogens is 3. The van der Waals surface area contributed by atoms with Gasteiger partial charge in [0.1, 0.15) is 11.2 Å². The number of hydrogen-bond acceptors (Lipinski definition) is 5. The van der Waals surface area contributed by atoms with Gasteiger partial charge in [0, 0.05) is 53.0 Å². The average Bonchev–Trinajstić information content (AvgIpc) is 3.82. The maximum atomic E-state index is 6.34. The van der Waals surface area contributed by atoms with E-state index in [1.54, 1.807) is 0 Å². The van der Waals surface area contributed by atoms with Gasteiger partial charge in [-0.25, -0.2) is 15.0 Å². The molecule has 4 nitrogen and oxygen atoms in total. The van der Waals surface area contributed by atoms with Crippen LogP contribution in [0.3, 0.4) is 0 Å². The van der Waals surface area contributed by atoms with Crippen molar-refractivity contribution in [3.05, 3.63) is 164 Å². The van der Waals surface area contributed by atoms with Crippen molar-refractivity contribution >= 4 is 96.5 Å². The molecule has 12 rings (SSSR count). The number of fused-ring (bicyclic) bond motifs is 13. The molecule has 0 saturated carbocycles. The smallest absolute Gasteiger partial charge is 0.164 e. The summed E-state index contributed by atoms with van der Waals surface area (Å²) in [5.41, 5.74) is 4.48. The van der Waals surface area contributed by atoms with Gasteiger partial charge in [0.05, 0.1) is 0 Å². The van der Waals surface area contributed by atoms with Gasteiger partial charge in [0.2, 0.25) is 0 Å². The minimum Gasteiger partial charge on any atom is -0.456 e. The van der Waals surface area contributed by atoms with Gasteiger partial charge >= 0.3 is 0 Å². The molecule has 0 bridgehead atoms. The molecule has 3 heterocycles. The fourth-order valence-electron chi connectivity index (χ4n) is 8.37. The third-order valence-corrected chi connectivity index (χ3v) is 12.1. The van der Waals surface area contributed by atoms with Crippen molar-refractivity contribution in [1.82, 2.24) is 15.0 Å². The summed E-state index contributed by atoms with van der Waals surface area (Å²) in [6.07, 6.45) is 0. The fourth-order valence-corrected chi connectivity index (χ4v) is 9.80. The summed E-state index contributed by atoms with van der Waals surface area (Å²) in [4.78, 5) is 16.0. The van der Waals surface area contributed by atoms with E-state index >= 15 is 0 Å². The molecule has 54 heavy (non-hydrogen) atoms. The number of furan rings is 1. The highest BCUT2D eigenvalue weighted by Gasteiger charge is 2.22. The molecule has 12 aromatic rings. The molecule has 0 N–H and O–H groups in total. The Balaban J connectivity index is 1.23. The Hall–Kier alpha value is -6.95. The Labute approximate surface area is 312 Å². The van der Waals surface area contributed by atoms with Crippen LogP contribution in [-0.4, -0.2) is 15.0 Å². The lowest BCUT2D eigenvalue weighted by molar-refractivity contribution is 0.669. The lowest BCUT2D eigenvalue weighted by Gasteiger charge is -2.13. The lowest BCUT2D eigenvalue weighted by atomic mass is 9.95. The summed E-state index contributed by atoms with van der Waals surface area (Å²) in [5.74, 6) is 1.88. The first kappa shape index (κ1) is 29.6. The molecule has 0 radical (unpaired) electrons. The van der Waals surface area contributed by atoms with Gasteiger partial charge in [-0.3, -0.25) is 0 Å². The van der Waals surface area contributed by atoms with Crippen molar-refractivity contribution < 1.29 is 4.42 Å². The van der Waals surface area contributed by atoms with Crippen molar-refractivity contribution in [2.75, 3.05) is 0 Å². The zero-order chi connectivity index (χ0) is 35.3. The molecule has 0 saturated heterocycles. The number of hydrogen-bond donors (Lipinski definition) is 0. The Morgan fingerprint density at radius 1 is 0.352 bits per heavy atom. The second kappa shape index (κ2) is 11.3. The van der Waals surface area contributed by atoms with Crippen LogP contribution in [0.1, 0.15) is 0 Å². The normalized spacial score (nSPS) is 12.1. The Morgan fingerprint density at radius 2 is 0.981 bits per heavy atom. The summed E-state index contributed by atoms with van der Waals surface area (Å²) in [7, 11) is 0. The predicted octanol–water partition coefficient (Wildman–Crippen LogP) is 13.8. The minimum absolute atomic E-state index is 0.608. The van der Waals surface area contributed by atoms with Crippen LogP contribution in [0, 0.1) is 0 Å². The number of para-hydroxylation sites is 1. The average molecular weight is 706 g/mol. The summed E-state index contributed by atoms with van der Waals surface area (Å²) >= 11 is 1.87. The first-order valence-electron chi connectivity index (χ1n) is 18.1. The zero-order valence-electron chi connectivity index (χ0n) is 28.7. The molecule has 0 aliphatic rings. The Kier molecular flexibility index (Phi) is 6.18. The number of rotatable bonds is 3. The van der Waals surface area contributed by atoms with Crippen molar-refractivity contribution in [2.45, 2.75) is 0 Å². The highest BCUT2D eigenvalue weighted by Crippen LogP contribution is 2.48. The van der Waals surface area contributed by atoms with Crippen LogP contribution in [-0.2, 0) is 0 Å². The summed E-state index contributed by atoms with van der Waals surface area (Å²) < 4.78 is 8.84. The van der Waals surface area contributed by atoms with Crippen LogP contribution in [0.2, 0.25) is 0 Å². The van der Waals surface area contributed by atoms with E-state index in [1.165, 1.54) is 47.1 Å². The maximum Gasteiger partial charge on any atom is 0.164 e. The van der Waals surface area contributed by atoms with Crippen LogP contribution in [0.25, 0.3) is 119 Å². The first-order chi connectivity index (χ1) is 26.7. The third kappa shape index (κ3) is 4.33. The number of thiophene rings is 1. The topological polar surface area (TPSA) is 51.8 Å². The summed E-state index contributed by atoms with van der Waals surface area (Å²) in [6, 6.07) is 57.8. The highest BCUT2D eigenvalue weighted by molar-refractivity contribution is 7.27. The van der Waals surface area contributed by atoms with Gasteiger partial charge in [0.15, 0.2) is 17.5 Å². The SMILES string of the molecule is c1ccc2cc(-c3nc(-c4cccc5oc6ccccc6c45)nc(-c4cc5ccc6ccccc6c5c5sc6c7ccccc7ccc6c45)n3)ccc2c1. The molecule has 0 atom stereocenters. The van der Waals surface area contributed by atoms with E-state index in [0.29, 0.717) is 17.5 Å². The van der Waals surface area contributed by atoms with Crippen LogP contribution >= 0.6 is 11.3 Å². The van der Waals surface area contributed by atoms with E-state index in [-0.39, 0.29) is 0 Å². The largest absolute Gasteiger partial charge is 0.456 e. The molecule has 3 aromatic heterocycles. The monoisotopic (exact) mass is 705 g/mol. The Bertz CT molecular complexity index is 3520. The van der Waals surface area contributed by atoms with Crippen molar-refractivity contribution in [3.63, 3.8) is 0 Å². The van der Waals surface area contributed by atoms with E-state index in [0.717, 1.165) is 54.8 Å². The molecule has 5 heteroatoms. The molecule has 0 spiro atoms. The molecule has 0 aliphatic heterocycles. The van der Waals surface area contributed by atoms with Crippen molar-refractivity contribution in [2.24, 2.45) is 0 Å². The zero-order valence-corrected chi connectivity index (χ0v) is 29.6. The number of benzene rings is 9. The first-order valence-corrected chi connectivity index (χ1v) is 18.9. The standard InChI is InChI=1S/C49H27N3OS/c1-2-13-31-26-33(23-20-28(31)10-1)47-50-48(38-17-9-19-41-43(38)36-16-7-8-18-40(36)53-41)52-49(51-47)39-27-32-22-21-29-11-3-5-14-34(29)42(32)46-44(39)37-25-24-30-12-4-6-15-35(30)45(37)54-46/h1-27H. The molecule has 0 amide bonds. The van der Waals surface area contributed by atoms with Gasteiger partial charge in [-0.1, -0.05) is 140 Å². The Morgan fingerprint density at radius 3 is 1.85 bits per heavy atom. The summed E-state index contributed by atoms with van der Waals surface area (Å²) in [6.45, 7) is 0. The maximum absolute atomic E-state index is 6.34. The van der Waals surface area contributed by atoms with Crippen LogP contribution < -0.4 is 0 Å². The molecule has 9 aromatic carbocycles. The van der Waals surface area contributed by atoms with Crippen LogP contribution in [0.4, 0.5) is 0 Å². The minimum atomic E-state index is 0.608. The lowest BCUT2D eigenvalue weighted by Crippen LogP contribution is -2.01. The number of nitrogens with zero attached hydrogens (tertiary/aromatic N) is 3. The van der Waals surface area contributed by atoms with Gasteiger partial charge in [-0.15, -0.1) is 11.3 Å². The van der Waals surface area contributed by atoms with Crippen LogP contribution in [0.5, 0.6) is 0 Å². The molecule has 0 fully saturated rings. The third-order valence-electron chi connectivity index (χ3n) is 10.9. The fraction of sp³-hybridized carbons (Fsp3) is 0. The molecular formula is C49H27N3OS. The van der Waals surface area contributed by atoms with Gasteiger partial charge < -0.3 is 4.42 Å². The van der Waals surface area contributed by atoms with E-state index in [9.17, 15) is 0 Å². The van der Waals surface area contributed by atoms with Crippen LogP contribution in [0.15, 0.2) is 168 Å². The molecule has 0 aliphatic carbocycles. The van der Waals surface area contributed by atoms with Crippen molar-refractivity contribution in [1.29, 1.82) is 0 Å². The molecule has 0 unspecified atom stereocenters. The van der Waals surface area contributed by atoms with E-state index in [2.05, 4.69) is 133 Å². The second-order valence-electron chi connectivity index (χ2n) is 13.9. The highest BCUT2D eigenvalue weighted by atomic mass is 32.1. The van der Waals surface area contributed by atoms with Gasteiger partial charge in [-0.2, -0.15) is 0 Å². The van der Waals surface area contributed by atoms with E-state index < -0.39 is 0 Å². The summed E-state index contributed by atoms with van der Waals surface area (Å²) in [5, 5.41) is 14.1. The molecular weight excluding hydrogens is 679 g/mol. The van der Waals surface area contributed by atoms with Crippen molar-refractivity contribution in [3.8, 4) is 34.2 Å². The quantitative estimate of drug-likeness (QED) is 0.172. The van der Waals surface area contributed by atoms with Gasteiger partial charge in [-0.05, 0) is 62.0 Å². The predicted molar refractivity (Wildman–Crippen MR) is 226 cm³/mol.